The van der Waals surface area contributed by atoms with Gasteiger partial charge in [-0.2, -0.15) is 0 Å². The molecule has 0 heterocycles. The first kappa shape index (κ1) is 12.4. The van der Waals surface area contributed by atoms with Crippen LogP contribution < -0.4 is 5.73 Å². The summed E-state index contributed by atoms with van der Waals surface area (Å²) in [5.41, 5.74) is 2.96. The third kappa shape index (κ3) is 2.46. The molecule has 0 radical (unpaired) electrons. The summed E-state index contributed by atoms with van der Waals surface area (Å²) in [7, 11) is 0. The van der Waals surface area contributed by atoms with Gasteiger partial charge in [-0.25, -0.2) is 8.78 Å². The Morgan fingerprint density at radius 2 is 2.12 bits per heavy atom. The van der Waals surface area contributed by atoms with Gasteiger partial charge in [0.2, 0.25) is 0 Å². The zero-order chi connectivity index (χ0) is 12.3. The average Bonchev–Trinajstić information content (AvgIpc) is 2.23. The molecule has 6 heteroatoms. The summed E-state index contributed by atoms with van der Waals surface area (Å²) in [4.78, 5) is 10.7. The van der Waals surface area contributed by atoms with Crippen LogP contribution in [-0.4, -0.2) is 28.4 Å². The van der Waals surface area contributed by atoms with E-state index >= 15 is 0 Å². The van der Waals surface area contributed by atoms with Crippen molar-refractivity contribution in [2.24, 2.45) is 5.73 Å². The number of carboxylic acids is 1. The Hall–Kier alpha value is -1.69. The lowest BCUT2D eigenvalue weighted by Gasteiger charge is -2.21. The predicted molar refractivity (Wildman–Crippen MR) is 52.3 cm³/mol. The van der Waals surface area contributed by atoms with Gasteiger partial charge in [0, 0.05) is 6.42 Å². The molecule has 0 aliphatic rings. The smallest absolute Gasteiger partial charge is 0.326 e. The van der Waals surface area contributed by atoms with Crippen LogP contribution >= 0.6 is 0 Å². The van der Waals surface area contributed by atoms with Crippen molar-refractivity contribution in [2.75, 3.05) is 6.67 Å². The number of carbonyl (C=O) groups is 1. The quantitative estimate of drug-likeness (QED) is 0.716. The molecule has 16 heavy (non-hydrogen) atoms. The van der Waals surface area contributed by atoms with Crippen LogP contribution in [0.5, 0.6) is 5.75 Å². The number of phenols is 1. The molecule has 0 saturated carbocycles. The number of halogens is 2. The van der Waals surface area contributed by atoms with Crippen molar-refractivity contribution in [3.63, 3.8) is 0 Å². The van der Waals surface area contributed by atoms with Gasteiger partial charge in [0.05, 0.1) is 0 Å². The number of benzene rings is 1. The van der Waals surface area contributed by atoms with Crippen LogP contribution in [0.3, 0.4) is 0 Å². The maximum atomic E-state index is 13.2. The number of phenolic OH excluding ortho intramolecular Hbond substituents is 1. The molecule has 0 unspecified atom stereocenters. The van der Waals surface area contributed by atoms with Crippen molar-refractivity contribution >= 4 is 5.97 Å². The summed E-state index contributed by atoms with van der Waals surface area (Å²) in [5, 5.41) is 17.8. The summed E-state index contributed by atoms with van der Waals surface area (Å²) >= 11 is 0. The molecule has 1 aromatic carbocycles. The molecule has 0 amide bonds. The van der Waals surface area contributed by atoms with Gasteiger partial charge in [0.15, 0.2) is 0 Å². The normalized spacial score (nSPS) is 14.4. The van der Waals surface area contributed by atoms with E-state index in [2.05, 4.69) is 0 Å². The van der Waals surface area contributed by atoms with Crippen LogP contribution in [0.25, 0.3) is 0 Å². The maximum absolute atomic E-state index is 13.2. The second-order valence-electron chi connectivity index (χ2n) is 3.55. The molecule has 4 nitrogen and oxygen atoms in total. The molecule has 0 aliphatic carbocycles. The Bertz CT molecular complexity index is 411. The predicted octanol–water partition coefficient (Wildman–Crippen LogP) is 0.825. The summed E-state index contributed by atoms with van der Waals surface area (Å²) in [6, 6.07) is 3.09. The SMILES string of the molecule is N[C@@](CF)(Cc1cc(O)ccc1F)C(=O)O. The van der Waals surface area contributed by atoms with E-state index in [1.165, 1.54) is 0 Å². The van der Waals surface area contributed by atoms with Crippen molar-refractivity contribution in [1.29, 1.82) is 0 Å². The molecule has 0 fully saturated rings. The van der Waals surface area contributed by atoms with Crippen molar-refractivity contribution in [3.05, 3.63) is 29.6 Å². The molecule has 0 saturated heterocycles. The van der Waals surface area contributed by atoms with E-state index in [0.717, 1.165) is 18.2 Å². The second-order valence-corrected chi connectivity index (χ2v) is 3.55. The van der Waals surface area contributed by atoms with E-state index < -0.39 is 30.4 Å². The number of hydrogen-bond donors (Lipinski definition) is 3. The highest BCUT2D eigenvalue weighted by atomic mass is 19.1. The van der Waals surface area contributed by atoms with Crippen LogP contribution in [0.2, 0.25) is 0 Å². The minimum atomic E-state index is -2.17. The Morgan fingerprint density at radius 1 is 1.50 bits per heavy atom. The highest BCUT2D eigenvalue weighted by Crippen LogP contribution is 2.20. The molecule has 1 aromatic rings. The summed E-state index contributed by atoms with van der Waals surface area (Å²) in [5.74, 6) is -2.52. The summed E-state index contributed by atoms with van der Waals surface area (Å²) in [6.45, 7) is -1.32. The molecule has 0 bridgehead atoms. The number of aliphatic carboxylic acids is 1. The topological polar surface area (TPSA) is 83.5 Å². The van der Waals surface area contributed by atoms with E-state index in [4.69, 9.17) is 15.9 Å². The van der Waals surface area contributed by atoms with E-state index in [0.29, 0.717) is 0 Å². The van der Waals surface area contributed by atoms with Gasteiger partial charge in [0.25, 0.3) is 0 Å². The zero-order valence-corrected chi connectivity index (χ0v) is 8.28. The van der Waals surface area contributed by atoms with E-state index in [-0.39, 0.29) is 11.3 Å². The second kappa shape index (κ2) is 4.44. The van der Waals surface area contributed by atoms with Gasteiger partial charge >= 0.3 is 5.97 Å². The minimum absolute atomic E-state index is 0.137. The number of alkyl halides is 1. The minimum Gasteiger partial charge on any atom is -0.508 e. The van der Waals surface area contributed by atoms with Crippen molar-refractivity contribution in [1.82, 2.24) is 0 Å². The van der Waals surface area contributed by atoms with Gasteiger partial charge in [0.1, 0.15) is 23.8 Å². The van der Waals surface area contributed by atoms with Crippen LogP contribution in [0.1, 0.15) is 5.56 Å². The Balaban J connectivity index is 3.03. The third-order valence-corrected chi connectivity index (χ3v) is 2.20. The highest BCUT2D eigenvalue weighted by molar-refractivity contribution is 5.79. The molecule has 1 atom stereocenters. The maximum Gasteiger partial charge on any atom is 0.326 e. The first-order valence-corrected chi connectivity index (χ1v) is 4.44. The van der Waals surface area contributed by atoms with Gasteiger partial charge in [-0.05, 0) is 23.8 Å². The van der Waals surface area contributed by atoms with Crippen molar-refractivity contribution in [2.45, 2.75) is 12.0 Å². The fourth-order valence-electron chi connectivity index (χ4n) is 1.22. The molecular weight excluding hydrogens is 220 g/mol. The van der Waals surface area contributed by atoms with Crippen LogP contribution in [0.15, 0.2) is 18.2 Å². The zero-order valence-electron chi connectivity index (χ0n) is 8.28. The molecule has 88 valence electrons. The van der Waals surface area contributed by atoms with E-state index in [1.54, 1.807) is 0 Å². The fourth-order valence-corrected chi connectivity index (χ4v) is 1.22. The van der Waals surface area contributed by atoms with Gasteiger partial charge in [-0.1, -0.05) is 0 Å². The lowest BCUT2D eigenvalue weighted by Crippen LogP contribution is -2.52. The van der Waals surface area contributed by atoms with Gasteiger partial charge in [-0.3, -0.25) is 4.79 Å². The van der Waals surface area contributed by atoms with E-state index in [9.17, 15) is 13.6 Å². The number of nitrogens with two attached hydrogens (primary N) is 1. The van der Waals surface area contributed by atoms with Crippen LogP contribution in [0, 0.1) is 5.82 Å². The van der Waals surface area contributed by atoms with Gasteiger partial charge in [-0.15, -0.1) is 0 Å². The Morgan fingerprint density at radius 3 is 2.62 bits per heavy atom. The number of rotatable bonds is 4. The molecule has 0 aliphatic heterocycles. The summed E-state index contributed by atoms with van der Waals surface area (Å²) in [6.07, 6.45) is -0.529. The molecule has 0 aromatic heterocycles. The van der Waals surface area contributed by atoms with Crippen LogP contribution in [-0.2, 0) is 11.2 Å². The monoisotopic (exact) mass is 231 g/mol. The van der Waals surface area contributed by atoms with Gasteiger partial charge < -0.3 is 15.9 Å². The van der Waals surface area contributed by atoms with Crippen molar-refractivity contribution in [3.8, 4) is 5.75 Å². The number of carboxylic acid groups (broad SMARTS) is 1. The number of hydrogen-bond acceptors (Lipinski definition) is 3. The average molecular weight is 231 g/mol. The highest BCUT2D eigenvalue weighted by Gasteiger charge is 2.35. The van der Waals surface area contributed by atoms with Crippen molar-refractivity contribution < 1.29 is 23.8 Å². The molecule has 4 N–H and O–H groups in total. The lowest BCUT2D eigenvalue weighted by atomic mass is 9.93. The number of aromatic hydroxyl groups is 1. The largest absolute Gasteiger partial charge is 0.508 e. The Labute approximate surface area is 90.3 Å². The molecule has 0 spiro atoms. The molecular formula is C10H11F2NO3. The first-order valence-electron chi connectivity index (χ1n) is 4.44. The standard InChI is InChI=1S/C10H11F2NO3/c11-5-10(13,9(15)16)4-6-3-7(14)1-2-8(6)12/h1-3,14H,4-5,13H2,(H,15,16)/t10-/m1/s1. The summed E-state index contributed by atoms with van der Waals surface area (Å²) < 4.78 is 25.7. The third-order valence-electron chi connectivity index (χ3n) is 2.20. The first-order chi connectivity index (χ1) is 7.39. The van der Waals surface area contributed by atoms with E-state index in [1.807, 2.05) is 0 Å². The van der Waals surface area contributed by atoms with Crippen LogP contribution in [0.4, 0.5) is 8.78 Å². The molecule has 1 rings (SSSR count). The Kier molecular flexibility index (Phi) is 3.44. The lowest BCUT2D eigenvalue weighted by molar-refractivity contribution is -0.143. The fraction of sp³-hybridized carbons (Fsp3) is 0.300.